The molecule has 0 aromatic heterocycles. The molecule has 0 N–H and O–H groups in total. The van der Waals surface area contributed by atoms with Crippen LogP contribution in [0.3, 0.4) is 0 Å². The highest BCUT2D eigenvalue weighted by Gasteiger charge is 2.60. The van der Waals surface area contributed by atoms with Crippen LogP contribution in [-0.4, -0.2) is 18.5 Å². The van der Waals surface area contributed by atoms with Crippen LogP contribution in [0.1, 0.15) is 111 Å². The highest BCUT2D eigenvalue weighted by Crippen LogP contribution is 2.65. The third-order valence-electron chi connectivity index (χ3n) is 9.93. The smallest absolute Gasteiger partial charge is 0.139 e. The van der Waals surface area contributed by atoms with Gasteiger partial charge in [0.25, 0.3) is 0 Å². The number of Topliss-reactive ketones (excluding diaryl/α,β-unsaturated/α-hetero) is 1. The van der Waals surface area contributed by atoms with E-state index in [1.54, 1.807) is 0 Å². The monoisotopic (exact) mass is 388 g/mol. The zero-order valence-corrected chi connectivity index (χ0v) is 18.8. The first-order chi connectivity index (χ1) is 13.5. The highest BCUT2D eigenvalue weighted by molar-refractivity contribution is 5.87. The number of fused-ring (bicyclic) bond motifs is 5. The van der Waals surface area contributed by atoms with Crippen LogP contribution in [0.4, 0.5) is 0 Å². The van der Waals surface area contributed by atoms with Gasteiger partial charge in [0.05, 0.1) is 6.10 Å². The molecule has 4 saturated carbocycles. The second-order valence-electron chi connectivity index (χ2n) is 11.3. The van der Waals surface area contributed by atoms with E-state index < -0.39 is 0 Å². The van der Waals surface area contributed by atoms with E-state index in [2.05, 4.69) is 20.8 Å². The summed E-state index contributed by atoms with van der Waals surface area (Å²) in [5.41, 5.74) is 0.541. The molecule has 2 heteroatoms. The van der Waals surface area contributed by atoms with Crippen LogP contribution in [0.2, 0.25) is 0 Å². The van der Waals surface area contributed by atoms with Crippen LogP contribution >= 0.6 is 0 Å². The van der Waals surface area contributed by atoms with Gasteiger partial charge >= 0.3 is 0 Å². The fourth-order valence-electron chi connectivity index (χ4n) is 8.10. The van der Waals surface area contributed by atoms with Gasteiger partial charge in [0.2, 0.25) is 0 Å². The summed E-state index contributed by atoms with van der Waals surface area (Å²) in [5.74, 6) is 3.81. The summed E-state index contributed by atoms with van der Waals surface area (Å²) < 4.78 is 6.35. The van der Waals surface area contributed by atoms with Gasteiger partial charge in [-0.15, -0.1) is 0 Å². The fraction of sp³-hybridized carbons (Fsp3) is 0.962. The summed E-state index contributed by atoms with van der Waals surface area (Å²) in [4.78, 5) is 12.6. The molecule has 4 fully saturated rings. The van der Waals surface area contributed by atoms with Gasteiger partial charge in [-0.2, -0.15) is 0 Å². The van der Waals surface area contributed by atoms with Crippen molar-refractivity contribution in [3.05, 3.63) is 0 Å². The van der Waals surface area contributed by atoms with E-state index in [1.807, 2.05) is 0 Å². The van der Waals surface area contributed by atoms with E-state index in [4.69, 9.17) is 4.74 Å². The highest BCUT2D eigenvalue weighted by atomic mass is 16.5. The summed E-state index contributed by atoms with van der Waals surface area (Å²) in [7, 11) is 0. The number of hydrogen-bond acceptors (Lipinski definition) is 2. The number of carbonyl (C=O) groups is 1. The molecule has 160 valence electrons. The van der Waals surface area contributed by atoms with E-state index in [9.17, 15) is 4.79 Å². The van der Waals surface area contributed by atoms with Crippen LogP contribution in [0.15, 0.2) is 0 Å². The summed E-state index contributed by atoms with van der Waals surface area (Å²) >= 11 is 0. The maximum absolute atomic E-state index is 12.6. The lowest BCUT2D eigenvalue weighted by Gasteiger charge is -2.60. The van der Waals surface area contributed by atoms with Crippen molar-refractivity contribution in [1.82, 2.24) is 0 Å². The molecule has 28 heavy (non-hydrogen) atoms. The van der Waals surface area contributed by atoms with Crippen LogP contribution in [0.5, 0.6) is 0 Å². The Hall–Kier alpha value is -0.370. The fourth-order valence-corrected chi connectivity index (χ4v) is 8.10. The number of rotatable bonds is 7. The molecule has 4 rings (SSSR count). The van der Waals surface area contributed by atoms with Gasteiger partial charge in [-0.3, -0.25) is 4.79 Å². The van der Waals surface area contributed by atoms with Crippen molar-refractivity contribution in [3.8, 4) is 0 Å². The Labute approximate surface area is 173 Å². The summed E-state index contributed by atoms with van der Waals surface area (Å²) in [6, 6.07) is 0. The molecule has 0 aliphatic heterocycles. The Morgan fingerprint density at radius 1 is 0.929 bits per heavy atom. The average Bonchev–Trinajstić information content (AvgIpc) is 2.99. The molecule has 0 amide bonds. The van der Waals surface area contributed by atoms with Gasteiger partial charge in [0, 0.05) is 18.4 Å². The van der Waals surface area contributed by atoms with Crippen molar-refractivity contribution in [2.75, 3.05) is 6.61 Å². The maximum Gasteiger partial charge on any atom is 0.139 e. The standard InChI is InChI=1S/C26H44O2/c1-4-5-6-7-8-17-28-20-13-15-25(2)19(18-20)9-10-21-22-11-12-24(27)26(22,3)16-14-23(21)25/h19-23H,4-18H2,1-3H3/t19-,20+,21-,22-,23-,25-,26-/m0/s1. The molecule has 7 atom stereocenters. The minimum Gasteiger partial charge on any atom is -0.378 e. The number of ketones is 1. The largest absolute Gasteiger partial charge is 0.378 e. The van der Waals surface area contributed by atoms with Crippen LogP contribution < -0.4 is 0 Å². The average molecular weight is 389 g/mol. The second kappa shape index (κ2) is 8.40. The summed E-state index contributed by atoms with van der Waals surface area (Å²) in [6.07, 6.45) is 18.4. The third kappa shape index (κ3) is 3.61. The minimum atomic E-state index is 0.0302. The number of ether oxygens (including phenoxy) is 1. The zero-order chi connectivity index (χ0) is 19.8. The van der Waals surface area contributed by atoms with Gasteiger partial charge in [-0.25, -0.2) is 0 Å². The van der Waals surface area contributed by atoms with E-state index in [-0.39, 0.29) is 5.41 Å². The predicted molar refractivity (Wildman–Crippen MR) is 115 cm³/mol. The van der Waals surface area contributed by atoms with E-state index in [0.29, 0.717) is 23.2 Å². The van der Waals surface area contributed by atoms with Crippen molar-refractivity contribution in [3.63, 3.8) is 0 Å². The van der Waals surface area contributed by atoms with Gasteiger partial charge in [-0.05, 0) is 86.9 Å². The van der Waals surface area contributed by atoms with E-state index in [1.165, 1.54) is 77.0 Å². The quantitative estimate of drug-likeness (QED) is 0.441. The predicted octanol–water partition coefficient (Wildman–Crippen LogP) is 6.95. The molecule has 0 unspecified atom stereocenters. The first kappa shape index (κ1) is 20.9. The van der Waals surface area contributed by atoms with Crippen molar-refractivity contribution in [2.45, 2.75) is 117 Å². The summed E-state index contributed by atoms with van der Waals surface area (Å²) in [5, 5.41) is 0. The van der Waals surface area contributed by atoms with Gasteiger partial charge in [0.1, 0.15) is 5.78 Å². The maximum atomic E-state index is 12.6. The normalized spacial score (nSPS) is 45.4. The minimum absolute atomic E-state index is 0.0302. The van der Waals surface area contributed by atoms with E-state index >= 15 is 0 Å². The third-order valence-corrected chi connectivity index (χ3v) is 9.93. The van der Waals surface area contributed by atoms with Crippen molar-refractivity contribution in [1.29, 1.82) is 0 Å². The molecule has 4 aliphatic carbocycles. The molecular weight excluding hydrogens is 344 g/mol. The molecule has 2 nitrogen and oxygen atoms in total. The Bertz CT molecular complexity index is 557. The second-order valence-corrected chi connectivity index (χ2v) is 11.3. The zero-order valence-electron chi connectivity index (χ0n) is 18.8. The lowest BCUT2D eigenvalue weighted by molar-refractivity contribution is -0.145. The Kier molecular flexibility index (Phi) is 6.27. The van der Waals surface area contributed by atoms with Crippen molar-refractivity contribution < 1.29 is 9.53 Å². The topological polar surface area (TPSA) is 26.3 Å². The SMILES string of the molecule is CCCCCCCO[C@@H]1CC[C@@]2(C)[C@@H](CC[C@@H]3[C@@H]2CC[C@]2(C)C(=O)CC[C@@H]32)C1. The first-order valence-electron chi connectivity index (χ1n) is 12.6. The molecule has 4 aliphatic rings. The van der Waals surface area contributed by atoms with Crippen LogP contribution in [-0.2, 0) is 9.53 Å². The lowest BCUT2D eigenvalue weighted by Crippen LogP contribution is -2.54. The molecule has 0 spiro atoms. The molecular formula is C26H44O2. The molecule has 0 aromatic carbocycles. The van der Waals surface area contributed by atoms with Crippen LogP contribution in [0.25, 0.3) is 0 Å². The van der Waals surface area contributed by atoms with Crippen molar-refractivity contribution >= 4 is 5.78 Å². The molecule has 0 heterocycles. The Balaban J connectivity index is 1.33. The van der Waals surface area contributed by atoms with Gasteiger partial charge < -0.3 is 4.74 Å². The molecule has 0 radical (unpaired) electrons. The Morgan fingerprint density at radius 3 is 2.57 bits per heavy atom. The number of hydrogen-bond donors (Lipinski definition) is 0. The van der Waals surface area contributed by atoms with Crippen LogP contribution in [0, 0.1) is 34.5 Å². The molecule has 0 saturated heterocycles. The summed E-state index contributed by atoms with van der Waals surface area (Å²) in [6.45, 7) is 8.19. The van der Waals surface area contributed by atoms with Gasteiger partial charge in [-0.1, -0.05) is 46.5 Å². The lowest BCUT2D eigenvalue weighted by atomic mass is 9.45. The first-order valence-corrected chi connectivity index (χ1v) is 12.6. The Morgan fingerprint density at radius 2 is 1.75 bits per heavy atom. The van der Waals surface area contributed by atoms with E-state index in [0.717, 1.165) is 37.2 Å². The number of carbonyl (C=O) groups excluding carboxylic acids is 1. The van der Waals surface area contributed by atoms with Crippen molar-refractivity contribution in [2.24, 2.45) is 34.5 Å². The van der Waals surface area contributed by atoms with Gasteiger partial charge in [0.15, 0.2) is 0 Å². The molecule has 0 aromatic rings. The molecule has 0 bridgehead atoms. The number of unbranched alkanes of at least 4 members (excludes halogenated alkanes) is 4.